The van der Waals surface area contributed by atoms with Crippen LogP contribution in [-0.2, 0) is 4.79 Å². The molecular weight excluding hydrogens is 183 g/mol. The Morgan fingerprint density at radius 3 is 2.75 bits per heavy atom. The maximum absolute atomic E-state index is 12.7. The molecule has 1 unspecified atom stereocenters. The highest BCUT2D eigenvalue weighted by Gasteiger charge is 2.07. The summed E-state index contributed by atoms with van der Waals surface area (Å²) in [6.45, 7) is 0. The standard InChI is InChI=1S/C8H6ClFO2/c9-6-2-1-5(3-7(6)10)8(12)4-11/h1-4,8,12H. The summed E-state index contributed by atoms with van der Waals surface area (Å²) < 4.78 is 12.7. The van der Waals surface area contributed by atoms with Crippen LogP contribution in [0.4, 0.5) is 4.39 Å². The monoisotopic (exact) mass is 188 g/mol. The summed E-state index contributed by atoms with van der Waals surface area (Å²) in [4.78, 5) is 10.1. The minimum atomic E-state index is -1.28. The summed E-state index contributed by atoms with van der Waals surface area (Å²) in [6, 6.07) is 3.71. The number of halogens is 2. The normalized spacial score (nSPS) is 12.6. The van der Waals surface area contributed by atoms with Crippen molar-refractivity contribution >= 4 is 17.9 Å². The first kappa shape index (κ1) is 9.16. The molecule has 0 fully saturated rings. The molecule has 0 aliphatic heterocycles. The molecule has 0 aliphatic rings. The van der Waals surface area contributed by atoms with E-state index in [1.54, 1.807) is 0 Å². The highest BCUT2D eigenvalue weighted by molar-refractivity contribution is 6.30. The molecule has 1 N–H and O–H groups in total. The van der Waals surface area contributed by atoms with Gasteiger partial charge in [0.2, 0.25) is 0 Å². The smallest absolute Gasteiger partial charge is 0.153 e. The van der Waals surface area contributed by atoms with Crippen LogP contribution in [0.1, 0.15) is 11.7 Å². The molecule has 0 spiro atoms. The fraction of sp³-hybridized carbons (Fsp3) is 0.125. The number of carbonyl (C=O) groups is 1. The Labute approximate surface area is 73.6 Å². The zero-order valence-corrected chi connectivity index (χ0v) is 6.75. The van der Waals surface area contributed by atoms with Crippen LogP contribution < -0.4 is 0 Å². The molecule has 0 saturated carbocycles. The van der Waals surface area contributed by atoms with Crippen LogP contribution in [0.25, 0.3) is 0 Å². The van der Waals surface area contributed by atoms with Crippen LogP contribution in [0.15, 0.2) is 18.2 Å². The number of hydrogen-bond donors (Lipinski definition) is 1. The van der Waals surface area contributed by atoms with Gasteiger partial charge in [0.25, 0.3) is 0 Å². The van der Waals surface area contributed by atoms with Crippen molar-refractivity contribution < 1.29 is 14.3 Å². The van der Waals surface area contributed by atoms with Gasteiger partial charge in [0.05, 0.1) is 5.02 Å². The van der Waals surface area contributed by atoms with Gasteiger partial charge in [-0.15, -0.1) is 0 Å². The SMILES string of the molecule is O=CC(O)c1ccc(Cl)c(F)c1. The number of carbonyl (C=O) groups excluding carboxylic acids is 1. The molecule has 0 amide bonds. The van der Waals surface area contributed by atoms with Gasteiger partial charge in [-0.05, 0) is 17.7 Å². The summed E-state index contributed by atoms with van der Waals surface area (Å²) in [6.07, 6.45) is -0.959. The van der Waals surface area contributed by atoms with Gasteiger partial charge in [-0.25, -0.2) is 4.39 Å². The van der Waals surface area contributed by atoms with Gasteiger partial charge in [-0.3, -0.25) is 0 Å². The summed E-state index contributed by atoms with van der Waals surface area (Å²) in [7, 11) is 0. The van der Waals surface area contributed by atoms with E-state index in [2.05, 4.69) is 0 Å². The highest BCUT2D eigenvalue weighted by atomic mass is 35.5. The lowest BCUT2D eigenvalue weighted by molar-refractivity contribution is -0.115. The first-order valence-corrected chi connectivity index (χ1v) is 3.61. The average molecular weight is 189 g/mol. The number of aliphatic hydroxyl groups excluding tert-OH is 1. The zero-order chi connectivity index (χ0) is 9.14. The largest absolute Gasteiger partial charge is 0.381 e. The first-order valence-electron chi connectivity index (χ1n) is 3.23. The van der Waals surface area contributed by atoms with Gasteiger partial charge in [0, 0.05) is 0 Å². The van der Waals surface area contributed by atoms with E-state index in [1.807, 2.05) is 0 Å². The predicted octanol–water partition coefficient (Wildman–Crippen LogP) is 1.71. The Morgan fingerprint density at radius 2 is 2.25 bits per heavy atom. The number of benzene rings is 1. The van der Waals surface area contributed by atoms with Gasteiger partial charge in [0.15, 0.2) is 6.29 Å². The molecule has 1 rings (SSSR count). The molecule has 0 heterocycles. The summed E-state index contributed by atoms with van der Waals surface area (Å²) >= 11 is 5.38. The van der Waals surface area contributed by atoms with Gasteiger partial charge < -0.3 is 9.90 Å². The molecule has 0 radical (unpaired) electrons. The van der Waals surface area contributed by atoms with E-state index in [-0.39, 0.29) is 10.6 Å². The van der Waals surface area contributed by atoms with Crippen molar-refractivity contribution in [2.24, 2.45) is 0 Å². The van der Waals surface area contributed by atoms with Crippen molar-refractivity contribution in [3.8, 4) is 0 Å². The predicted molar refractivity (Wildman–Crippen MR) is 42.4 cm³/mol. The van der Waals surface area contributed by atoms with Crippen LogP contribution >= 0.6 is 11.6 Å². The van der Waals surface area contributed by atoms with Crippen molar-refractivity contribution in [1.82, 2.24) is 0 Å². The maximum Gasteiger partial charge on any atom is 0.153 e. The van der Waals surface area contributed by atoms with E-state index in [4.69, 9.17) is 16.7 Å². The number of aldehydes is 1. The fourth-order valence-corrected chi connectivity index (χ4v) is 0.892. The number of aliphatic hydroxyl groups is 1. The quantitative estimate of drug-likeness (QED) is 0.718. The van der Waals surface area contributed by atoms with E-state index in [1.165, 1.54) is 12.1 Å². The third-order valence-electron chi connectivity index (χ3n) is 1.41. The minimum absolute atomic E-state index is 0.0307. The van der Waals surface area contributed by atoms with Gasteiger partial charge >= 0.3 is 0 Å². The van der Waals surface area contributed by atoms with Crippen LogP contribution in [0.5, 0.6) is 0 Å². The lowest BCUT2D eigenvalue weighted by atomic mass is 10.1. The molecule has 2 nitrogen and oxygen atoms in total. The van der Waals surface area contributed by atoms with E-state index in [9.17, 15) is 9.18 Å². The summed E-state index contributed by atoms with van der Waals surface area (Å²) in [5.74, 6) is -0.643. The third-order valence-corrected chi connectivity index (χ3v) is 1.72. The lowest BCUT2D eigenvalue weighted by Crippen LogP contribution is -1.98. The molecule has 1 aromatic carbocycles. The molecule has 1 aromatic rings. The second kappa shape index (κ2) is 3.65. The Bertz CT molecular complexity index is 301. The molecule has 12 heavy (non-hydrogen) atoms. The Kier molecular flexibility index (Phi) is 2.78. The molecular formula is C8H6ClFO2. The maximum atomic E-state index is 12.7. The van der Waals surface area contributed by atoms with Crippen LogP contribution in [0.2, 0.25) is 5.02 Å². The lowest BCUT2D eigenvalue weighted by Gasteiger charge is -2.03. The Balaban J connectivity index is 3.04. The van der Waals surface area contributed by atoms with Crippen molar-refractivity contribution in [3.05, 3.63) is 34.6 Å². The molecule has 1 atom stereocenters. The summed E-state index contributed by atoms with van der Waals surface area (Å²) in [5.41, 5.74) is 0.201. The van der Waals surface area contributed by atoms with Crippen molar-refractivity contribution in [2.75, 3.05) is 0 Å². The van der Waals surface area contributed by atoms with Crippen molar-refractivity contribution in [2.45, 2.75) is 6.10 Å². The molecule has 0 bridgehead atoms. The summed E-state index contributed by atoms with van der Waals surface area (Å²) in [5, 5.41) is 8.94. The van der Waals surface area contributed by atoms with E-state index in [0.717, 1.165) is 6.07 Å². The molecule has 0 saturated heterocycles. The van der Waals surface area contributed by atoms with Gasteiger partial charge in [0.1, 0.15) is 11.9 Å². The molecule has 0 aliphatic carbocycles. The van der Waals surface area contributed by atoms with E-state index < -0.39 is 11.9 Å². The number of hydrogen-bond acceptors (Lipinski definition) is 2. The fourth-order valence-electron chi connectivity index (χ4n) is 0.775. The van der Waals surface area contributed by atoms with Gasteiger partial charge in [-0.1, -0.05) is 17.7 Å². The van der Waals surface area contributed by atoms with Crippen molar-refractivity contribution in [3.63, 3.8) is 0 Å². The number of rotatable bonds is 2. The Morgan fingerprint density at radius 1 is 1.58 bits per heavy atom. The molecule has 0 aromatic heterocycles. The third kappa shape index (κ3) is 1.81. The van der Waals surface area contributed by atoms with Crippen LogP contribution in [0, 0.1) is 5.82 Å². The molecule has 4 heteroatoms. The van der Waals surface area contributed by atoms with E-state index in [0.29, 0.717) is 6.29 Å². The first-order chi connectivity index (χ1) is 5.65. The average Bonchev–Trinajstić information content (AvgIpc) is 2.08. The topological polar surface area (TPSA) is 37.3 Å². The second-order valence-corrected chi connectivity index (χ2v) is 2.66. The van der Waals surface area contributed by atoms with Crippen LogP contribution in [0.3, 0.4) is 0 Å². The van der Waals surface area contributed by atoms with E-state index >= 15 is 0 Å². The van der Waals surface area contributed by atoms with Crippen LogP contribution in [-0.4, -0.2) is 11.4 Å². The highest BCUT2D eigenvalue weighted by Crippen LogP contribution is 2.18. The minimum Gasteiger partial charge on any atom is -0.381 e. The molecule has 64 valence electrons. The van der Waals surface area contributed by atoms with Gasteiger partial charge in [-0.2, -0.15) is 0 Å². The zero-order valence-electron chi connectivity index (χ0n) is 6.00. The Hall–Kier alpha value is -0.930. The second-order valence-electron chi connectivity index (χ2n) is 2.25. The van der Waals surface area contributed by atoms with Crippen molar-refractivity contribution in [1.29, 1.82) is 0 Å².